The maximum absolute atomic E-state index is 16.6. The average molecular weight is 628 g/mol. The Morgan fingerprint density at radius 3 is 2.76 bits per heavy atom. The number of rotatable bonds is 6. The number of nitrogens with zero attached hydrogens (tertiary/aromatic N) is 5. The van der Waals surface area contributed by atoms with Crippen molar-refractivity contribution in [3.8, 4) is 35.4 Å². The molecule has 3 fully saturated rings. The first kappa shape index (κ1) is 29.4. The summed E-state index contributed by atoms with van der Waals surface area (Å²) in [6, 6.07) is 3.84. The lowest BCUT2D eigenvalue weighted by molar-refractivity contribution is -0.148. The molecule has 7 nitrogen and oxygen atoms in total. The zero-order valence-electron chi connectivity index (χ0n) is 24.0. The summed E-state index contributed by atoms with van der Waals surface area (Å²) in [5.74, 6) is -1.31. The molecule has 0 amide bonds. The summed E-state index contributed by atoms with van der Waals surface area (Å²) in [4.78, 5) is 16.3. The number of hydrogen-bond donors (Lipinski definition) is 1. The third kappa shape index (κ3) is 4.86. The fraction of sp³-hybridized carbons (Fsp3) is 0.406. The number of aromatic hydroxyl groups is 1. The molecule has 1 saturated carbocycles. The van der Waals surface area contributed by atoms with Gasteiger partial charge in [-0.25, -0.2) is 13.2 Å². The van der Waals surface area contributed by atoms with Crippen molar-refractivity contribution in [1.29, 1.82) is 0 Å². The molecule has 2 aliphatic heterocycles. The van der Waals surface area contributed by atoms with Crippen LogP contribution >= 0.6 is 0 Å². The summed E-state index contributed by atoms with van der Waals surface area (Å²) < 4.78 is 92.2. The minimum Gasteiger partial charge on any atom is -0.508 e. The molecular formula is C32H27F6N5O2. The van der Waals surface area contributed by atoms with E-state index in [0.717, 1.165) is 12.5 Å². The molecule has 4 heterocycles. The first-order valence-electron chi connectivity index (χ1n) is 14.5. The molecule has 1 aliphatic carbocycles. The van der Waals surface area contributed by atoms with Crippen molar-refractivity contribution in [2.24, 2.45) is 5.92 Å². The number of pyridine rings is 1. The lowest BCUT2D eigenvalue weighted by Crippen LogP contribution is -2.43. The molecule has 0 radical (unpaired) electrons. The van der Waals surface area contributed by atoms with Crippen molar-refractivity contribution in [3.63, 3.8) is 0 Å². The SMILES string of the molecule is C#Cc1c(F)ccc2cc(O)cc(-c3ncc4c(N(C)[C@@H]5C[C@H]5C(F)(F)F)nc(OC[C@@]56CCCN5C[C@H](F)C6)nc4c3F)c12. The summed E-state index contributed by atoms with van der Waals surface area (Å²) in [6.07, 6.45) is 2.99. The maximum atomic E-state index is 16.6. The summed E-state index contributed by atoms with van der Waals surface area (Å²) >= 11 is 0. The minimum atomic E-state index is -4.42. The van der Waals surface area contributed by atoms with Gasteiger partial charge in [-0.05, 0) is 49.4 Å². The number of aromatic nitrogens is 3. The summed E-state index contributed by atoms with van der Waals surface area (Å²) in [7, 11) is 1.43. The molecule has 2 saturated heterocycles. The molecule has 0 bridgehead atoms. The Kier molecular flexibility index (Phi) is 6.78. The second-order valence-corrected chi connectivity index (χ2v) is 12.1. The number of ether oxygens (including phenoxy) is 1. The summed E-state index contributed by atoms with van der Waals surface area (Å²) in [5, 5.41) is 10.9. The summed E-state index contributed by atoms with van der Waals surface area (Å²) in [5.41, 5.74) is -1.37. The Morgan fingerprint density at radius 2 is 2.02 bits per heavy atom. The van der Waals surface area contributed by atoms with Crippen molar-refractivity contribution < 1.29 is 36.2 Å². The van der Waals surface area contributed by atoms with Gasteiger partial charge in [0.15, 0.2) is 5.82 Å². The van der Waals surface area contributed by atoms with Gasteiger partial charge in [0.2, 0.25) is 0 Å². The smallest absolute Gasteiger partial charge is 0.393 e. The molecule has 0 spiro atoms. The van der Waals surface area contributed by atoms with Gasteiger partial charge in [-0.15, -0.1) is 6.42 Å². The van der Waals surface area contributed by atoms with Gasteiger partial charge in [0, 0.05) is 43.2 Å². The largest absolute Gasteiger partial charge is 0.508 e. The van der Waals surface area contributed by atoms with Gasteiger partial charge in [0.05, 0.1) is 22.4 Å². The van der Waals surface area contributed by atoms with Gasteiger partial charge < -0.3 is 14.7 Å². The van der Waals surface area contributed by atoms with Crippen LogP contribution in [-0.2, 0) is 0 Å². The second kappa shape index (κ2) is 10.4. The quantitative estimate of drug-likeness (QED) is 0.203. The molecule has 4 aromatic rings. The molecule has 1 N–H and O–H groups in total. The van der Waals surface area contributed by atoms with Crippen LogP contribution in [0.15, 0.2) is 30.5 Å². The number of benzene rings is 2. The normalized spacial score (nSPS) is 24.6. The Morgan fingerprint density at radius 1 is 1.22 bits per heavy atom. The Hall–Kier alpha value is -4.31. The summed E-state index contributed by atoms with van der Waals surface area (Å²) in [6.45, 7) is 0.995. The molecule has 0 unspecified atom stereocenters. The molecule has 45 heavy (non-hydrogen) atoms. The minimum absolute atomic E-state index is 0.00686. The number of fused-ring (bicyclic) bond motifs is 3. The van der Waals surface area contributed by atoms with E-state index in [1.165, 1.54) is 36.3 Å². The lowest BCUT2D eigenvalue weighted by Gasteiger charge is -2.31. The number of terminal acetylenes is 1. The molecule has 3 aliphatic rings. The predicted molar refractivity (Wildman–Crippen MR) is 155 cm³/mol. The highest BCUT2D eigenvalue weighted by atomic mass is 19.4. The molecule has 4 atom stereocenters. The third-order valence-corrected chi connectivity index (χ3v) is 9.33. The number of phenolic OH excluding ortho intramolecular Hbond substituents is 1. The van der Waals surface area contributed by atoms with E-state index in [4.69, 9.17) is 11.2 Å². The van der Waals surface area contributed by atoms with E-state index < -0.39 is 41.5 Å². The topological polar surface area (TPSA) is 74.6 Å². The number of hydrogen-bond acceptors (Lipinski definition) is 7. The Labute approximate surface area is 253 Å². The maximum Gasteiger partial charge on any atom is 0.393 e. The van der Waals surface area contributed by atoms with Crippen molar-refractivity contribution >= 4 is 27.5 Å². The highest BCUT2D eigenvalue weighted by Gasteiger charge is 2.58. The van der Waals surface area contributed by atoms with E-state index in [1.807, 2.05) is 4.90 Å². The van der Waals surface area contributed by atoms with Gasteiger partial charge in [0.25, 0.3) is 0 Å². The number of alkyl halides is 4. The Balaban J connectivity index is 1.37. The van der Waals surface area contributed by atoms with E-state index in [0.29, 0.717) is 18.4 Å². The predicted octanol–water partition coefficient (Wildman–Crippen LogP) is 6.15. The second-order valence-electron chi connectivity index (χ2n) is 12.1. The van der Waals surface area contributed by atoms with E-state index in [-0.39, 0.29) is 76.7 Å². The van der Waals surface area contributed by atoms with Crippen molar-refractivity contribution in [2.45, 2.75) is 49.6 Å². The van der Waals surface area contributed by atoms with E-state index in [9.17, 15) is 27.1 Å². The molecule has 2 aromatic heterocycles. The van der Waals surface area contributed by atoms with Crippen LogP contribution in [0.5, 0.6) is 11.8 Å². The fourth-order valence-electron chi connectivity index (χ4n) is 7.06. The van der Waals surface area contributed by atoms with Gasteiger partial charge in [-0.3, -0.25) is 9.88 Å². The lowest BCUT2D eigenvalue weighted by atomic mass is 9.95. The molecular weight excluding hydrogens is 600 g/mol. The van der Waals surface area contributed by atoms with E-state index in [2.05, 4.69) is 20.9 Å². The van der Waals surface area contributed by atoms with Crippen LogP contribution < -0.4 is 9.64 Å². The van der Waals surface area contributed by atoms with Gasteiger partial charge >= 0.3 is 12.2 Å². The van der Waals surface area contributed by atoms with Gasteiger partial charge in [-0.1, -0.05) is 12.0 Å². The van der Waals surface area contributed by atoms with Crippen molar-refractivity contribution in [3.05, 3.63) is 47.7 Å². The standard InChI is InChI=1S/C32H27F6N5O2/c1-3-19-23(34)6-5-16-9-18(44)10-20(25(16)19)27-26(35)28-21(13-39-27)29(42(2)24-11-22(24)32(36,37)38)41-30(40-28)45-15-31-7-4-8-43(31)14-17(33)12-31/h1,5-6,9-10,13,17,22,24,44H,4,7-8,11-12,14-15H2,2H3/t17-,22-,24-,31+/m1/s1. The number of halogens is 6. The van der Waals surface area contributed by atoms with Crippen molar-refractivity contribution in [1.82, 2.24) is 19.9 Å². The highest BCUT2D eigenvalue weighted by molar-refractivity contribution is 6.03. The zero-order chi connectivity index (χ0) is 31.8. The monoisotopic (exact) mass is 627 g/mol. The van der Waals surface area contributed by atoms with Crippen LogP contribution in [0.25, 0.3) is 32.9 Å². The molecule has 7 rings (SSSR count). The van der Waals surface area contributed by atoms with Gasteiger partial charge in [-0.2, -0.15) is 23.1 Å². The van der Waals surface area contributed by atoms with Crippen LogP contribution in [0.1, 0.15) is 31.2 Å². The zero-order valence-corrected chi connectivity index (χ0v) is 24.0. The van der Waals surface area contributed by atoms with Crippen molar-refractivity contribution in [2.75, 3.05) is 31.6 Å². The Bertz CT molecular complexity index is 1890. The highest BCUT2D eigenvalue weighted by Crippen LogP contribution is 2.49. The first-order valence-corrected chi connectivity index (χ1v) is 14.5. The van der Waals surface area contributed by atoms with Crippen LogP contribution in [-0.4, -0.2) is 75.6 Å². The molecule has 13 heteroatoms. The van der Waals surface area contributed by atoms with Crippen LogP contribution in [0, 0.1) is 29.9 Å². The number of phenols is 1. The van der Waals surface area contributed by atoms with Crippen LogP contribution in [0.2, 0.25) is 0 Å². The molecule has 2 aromatic carbocycles. The van der Waals surface area contributed by atoms with E-state index in [1.54, 1.807) is 0 Å². The number of anilines is 1. The van der Waals surface area contributed by atoms with Crippen LogP contribution in [0.3, 0.4) is 0 Å². The molecule has 234 valence electrons. The third-order valence-electron chi connectivity index (χ3n) is 9.33. The van der Waals surface area contributed by atoms with Crippen LogP contribution in [0.4, 0.5) is 32.2 Å². The fourth-order valence-corrected chi connectivity index (χ4v) is 7.06. The average Bonchev–Trinajstić information content (AvgIpc) is 3.64. The first-order chi connectivity index (χ1) is 21.4. The van der Waals surface area contributed by atoms with E-state index >= 15 is 4.39 Å². The van der Waals surface area contributed by atoms with Gasteiger partial charge in [0.1, 0.15) is 41.4 Å².